The molecule has 0 aliphatic carbocycles. The molecule has 3 aromatic heterocycles. The fourth-order valence-corrected chi connectivity index (χ4v) is 4.96. The summed E-state index contributed by atoms with van der Waals surface area (Å²) in [5.74, 6) is 0.626. The molecule has 3 N–H and O–H groups in total. The van der Waals surface area contributed by atoms with Crippen LogP contribution in [0.15, 0.2) is 12.3 Å². The topological polar surface area (TPSA) is 131 Å². The number of imidazole rings is 1. The predicted octanol–water partition coefficient (Wildman–Crippen LogP) is 1.00. The Hall–Kier alpha value is -2.44. The number of fused-ring (bicyclic) bond motifs is 3. The maximum atomic E-state index is 10.0. The molecule has 2 saturated heterocycles. The van der Waals surface area contributed by atoms with E-state index in [9.17, 15) is 10.2 Å². The van der Waals surface area contributed by atoms with Crippen molar-refractivity contribution in [2.24, 2.45) is 0 Å². The van der Waals surface area contributed by atoms with E-state index >= 15 is 0 Å². The molecule has 3 aromatic rings. The first-order valence-electron chi connectivity index (χ1n) is 10.9. The van der Waals surface area contributed by atoms with Crippen LogP contribution >= 0.6 is 11.6 Å². The lowest BCUT2D eigenvalue weighted by Gasteiger charge is -2.19. The number of halogens is 1. The zero-order valence-corrected chi connectivity index (χ0v) is 19.0. The van der Waals surface area contributed by atoms with Crippen molar-refractivity contribution in [1.29, 1.82) is 0 Å². The minimum Gasteiger partial charge on any atom is -0.456 e. The number of nitrogens with one attached hydrogen (secondary N) is 1. The lowest BCUT2D eigenvalue weighted by molar-refractivity contribution is 0.00706. The monoisotopic (exact) mass is 476 g/mol. The second kappa shape index (κ2) is 7.54. The van der Waals surface area contributed by atoms with E-state index in [4.69, 9.17) is 25.8 Å². The molecule has 0 unspecified atom stereocenters. The lowest BCUT2D eigenvalue weighted by atomic mass is 10.1. The number of aliphatic hydroxyl groups excluding tert-OH is 1. The maximum Gasteiger partial charge on any atom is 0.296 e. The third-order valence-corrected chi connectivity index (χ3v) is 6.38. The highest BCUT2D eigenvalue weighted by atomic mass is 35.5. The van der Waals surface area contributed by atoms with Gasteiger partial charge in [-0.05, 0) is 19.9 Å². The number of pyridine rings is 1. The number of H-pyrrole nitrogens is 1. The van der Waals surface area contributed by atoms with Gasteiger partial charge in [-0.2, -0.15) is 10.1 Å². The van der Waals surface area contributed by atoms with Crippen LogP contribution in [0.25, 0.3) is 11.2 Å². The van der Waals surface area contributed by atoms with Gasteiger partial charge in [0.15, 0.2) is 17.6 Å². The van der Waals surface area contributed by atoms with Gasteiger partial charge in [-0.3, -0.25) is 4.68 Å². The van der Waals surface area contributed by atoms with E-state index in [2.05, 4.69) is 20.1 Å². The summed E-state index contributed by atoms with van der Waals surface area (Å²) in [7, 11) is 0. The Kier molecular flexibility index (Phi) is 4.82. The number of hydrogen-bond acceptors (Lipinski definition) is 9. The van der Waals surface area contributed by atoms with Crippen LogP contribution < -0.4 is 9.64 Å². The quantitative estimate of drug-likeness (QED) is 0.493. The lowest BCUT2D eigenvalue weighted by Crippen LogP contribution is -2.34. The molecule has 0 bridgehead atoms. The number of nitrogens with zero attached hydrogens (tertiary/aromatic N) is 5. The Morgan fingerprint density at radius 1 is 1.24 bits per heavy atom. The molecule has 6 rings (SSSR count). The largest absolute Gasteiger partial charge is 0.456 e. The van der Waals surface area contributed by atoms with Gasteiger partial charge in [0, 0.05) is 18.3 Å². The molecule has 3 aliphatic rings. The Bertz CT molecular complexity index is 1180. The Balaban J connectivity index is 1.19. The molecule has 0 spiro atoms. The minimum atomic E-state index is -0.829. The molecule has 0 amide bonds. The molecule has 0 saturated carbocycles. The Morgan fingerprint density at radius 3 is 2.85 bits per heavy atom. The van der Waals surface area contributed by atoms with Crippen molar-refractivity contribution >= 4 is 28.6 Å². The third-order valence-electron chi connectivity index (χ3n) is 6.11. The van der Waals surface area contributed by atoms with Crippen LogP contribution in [0.5, 0.6) is 6.01 Å². The fourth-order valence-electron chi connectivity index (χ4n) is 4.69. The van der Waals surface area contributed by atoms with Gasteiger partial charge in [0.25, 0.3) is 6.01 Å². The van der Waals surface area contributed by atoms with Gasteiger partial charge in [-0.1, -0.05) is 11.6 Å². The number of aliphatic hydroxyl groups is 2. The summed E-state index contributed by atoms with van der Waals surface area (Å²) in [6, 6.07) is 2.09. The van der Waals surface area contributed by atoms with Gasteiger partial charge in [-0.15, -0.1) is 0 Å². The number of hydrogen-bond donors (Lipinski definition) is 3. The molecule has 0 aromatic carbocycles. The first kappa shape index (κ1) is 21.1. The second-order valence-electron chi connectivity index (χ2n) is 9.49. The molecule has 11 nitrogen and oxygen atoms in total. The van der Waals surface area contributed by atoms with E-state index in [0.717, 1.165) is 11.3 Å². The molecule has 0 radical (unpaired) electrons. The first-order valence-corrected chi connectivity index (χ1v) is 11.3. The van der Waals surface area contributed by atoms with Crippen LogP contribution in [0, 0.1) is 0 Å². The molecule has 6 heterocycles. The van der Waals surface area contributed by atoms with E-state index in [1.807, 2.05) is 11.1 Å². The average Bonchev–Trinajstić information content (AvgIpc) is 3.49. The smallest absolute Gasteiger partial charge is 0.296 e. The Morgan fingerprint density at radius 2 is 2.06 bits per heavy atom. The number of aromatic amines is 1. The highest BCUT2D eigenvalue weighted by Gasteiger charge is 2.48. The van der Waals surface area contributed by atoms with Crippen LogP contribution in [0.3, 0.4) is 0 Å². The van der Waals surface area contributed by atoms with Crippen molar-refractivity contribution in [3.63, 3.8) is 0 Å². The zero-order chi connectivity index (χ0) is 22.9. The van der Waals surface area contributed by atoms with Gasteiger partial charge in [0.05, 0.1) is 48.1 Å². The molecular weight excluding hydrogens is 452 g/mol. The van der Waals surface area contributed by atoms with Crippen molar-refractivity contribution in [3.05, 3.63) is 28.5 Å². The maximum absolute atomic E-state index is 10.0. The van der Waals surface area contributed by atoms with Crippen LogP contribution in [0.4, 0.5) is 5.82 Å². The van der Waals surface area contributed by atoms with Gasteiger partial charge >= 0.3 is 0 Å². The normalized spacial score (nSPS) is 26.9. The number of rotatable bonds is 5. The summed E-state index contributed by atoms with van der Waals surface area (Å²) >= 11 is 6.56. The van der Waals surface area contributed by atoms with E-state index in [-0.39, 0.29) is 24.9 Å². The molecule has 2 fully saturated rings. The van der Waals surface area contributed by atoms with Crippen LogP contribution in [0.1, 0.15) is 25.1 Å². The molecular formula is C21H25ClN6O5. The Labute approximate surface area is 194 Å². The van der Waals surface area contributed by atoms with E-state index < -0.39 is 11.7 Å². The van der Waals surface area contributed by atoms with Crippen molar-refractivity contribution in [2.75, 3.05) is 18.1 Å². The summed E-state index contributed by atoms with van der Waals surface area (Å²) in [5.41, 5.74) is 2.35. The average molecular weight is 477 g/mol. The van der Waals surface area contributed by atoms with E-state index in [0.29, 0.717) is 54.3 Å². The third kappa shape index (κ3) is 3.83. The molecule has 12 heteroatoms. The molecule has 176 valence electrons. The van der Waals surface area contributed by atoms with Gasteiger partial charge < -0.3 is 34.3 Å². The second-order valence-corrected chi connectivity index (χ2v) is 9.90. The van der Waals surface area contributed by atoms with Crippen molar-refractivity contribution in [3.8, 4) is 6.01 Å². The number of ether oxygens (including phenoxy) is 3. The fraction of sp³-hybridized carbons (Fsp3) is 0.571. The molecule has 3 aliphatic heterocycles. The van der Waals surface area contributed by atoms with E-state index in [1.54, 1.807) is 24.6 Å². The summed E-state index contributed by atoms with van der Waals surface area (Å²) < 4.78 is 19.0. The highest BCUT2D eigenvalue weighted by Crippen LogP contribution is 2.34. The van der Waals surface area contributed by atoms with Gasteiger partial charge in [0.1, 0.15) is 18.3 Å². The summed E-state index contributed by atoms with van der Waals surface area (Å²) in [5, 5.41) is 25.0. The summed E-state index contributed by atoms with van der Waals surface area (Å²) in [6.45, 7) is 5.70. The minimum absolute atomic E-state index is 0.239. The van der Waals surface area contributed by atoms with E-state index in [1.165, 1.54) is 0 Å². The van der Waals surface area contributed by atoms with Crippen molar-refractivity contribution in [1.82, 2.24) is 24.7 Å². The summed E-state index contributed by atoms with van der Waals surface area (Å²) in [4.78, 5) is 14.3. The van der Waals surface area contributed by atoms with Crippen molar-refractivity contribution in [2.45, 2.75) is 63.5 Å². The van der Waals surface area contributed by atoms with Crippen LogP contribution in [-0.4, -0.2) is 78.2 Å². The molecule has 4 atom stereocenters. The van der Waals surface area contributed by atoms with Crippen molar-refractivity contribution < 1.29 is 24.4 Å². The van der Waals surface area contributed by atoms with Crippen LogP contribution in [0.2, 0.25) is 5.02 Å². The zero-order valence-electron chi connectivity index (χ0n) is 18.2. The molecule has 33 heavy (non-hydrogen) atoms. The van der Waals surface area contributed by atoms with Crippen LogP contribution in [-0.2, 0) is 29.1 Å². The van der Waals surface area contributed by atoms with Gasteiger partial charge in [0.2, 0.25) is 0 Å². The number of anilines is 1. The number of aromatic nitrogens is 5. The van der Waals surface area contributed by atoms with Gasteiger partial charge in [-0.25, -0.2) is 4.98 Å². The SMILES string of the molecule is CC(C)(O)Cn1cc2c(n1)CN(c1nc3nc(O[C@@H]4CO[C@H]5[C@@H]4OC[C@H]5O)[nH]c3cc1Cl)C2. The first-order chi connectivity index (χ1) is 15.7. The summed E-state index contributed by atoms with van der Waals surface area (Å²) in [6.07, 6.45) is 0.264. The predicted molar refractivity (Wildman–Crippen MR) is 117 cm³/mol. The highest BCUT2D eigenvalue weighted by molar-refractivity contribution is 6.33. The standard InChI is InChI=1S/C21H25ClN6O5/c1-21(2,30)9-28-5-10-4-27(6-13(10)26-28)19-11(22)3-12-18(24-19)25-20(23-12)33-15-8-32-16-14(29)7-31-17(15)16/h3,5,14-17,29-30H,4,6-9H2,1-2H3,(H,23,24,25)/t14-,15-,16-,17-/m1/s1.